The lowest BCUT2D eigenvalue weighted by atomic mass is 10.0. The Morgan fingerprint density at radius 1 is 0.789 bits per heavy atom. The second-order valence-electron chi connectivity index (χ2n) is 7.79. The predicted octanol–water partition coefficient (Wildman–Crippen LogP) is 5.55. The summed E-state index contributed by atoms with van der Waals surface area (Å²) in [4.78, 5) is 25.1. The average Bonchev–Trinajstić information content (AvgIpc) is 2.92. The van der Waals surface area contributed by atoms with E-state index in [0.717, 1.165) is 6.92 Å². The first-order valence-electron chi connectivity index (χ1n) is 10.8. The van der Waals surface area contributed by atoms with Crippen molar-refractivity contribution in [3.8, 4) is 34.1 Å². The van der Waals surface area contributed by atoms with Gasteiger partial charge in [-0.25, -0.2) is 22.8 Å². The van der Waals surface area contributed by atoms with E-state index in [0.29, 0.717) is 22.4 Å². The molecule has 0 N–H and O–H groups in total. The second kappa shape index (κ2) is 10.4. The van der Waals surface area contributed by atoms with Gasteiger partial charge >= 0.3 is 11.6 Å². The van der Waals surface area contributed by atoms with Gasteiger partial charge in [0.1, 0.15) is 22.8 Å². The fraction of sp³-hybridized carbons (Fsp3) is 0.154. The molecule has 3 aromatic carbocycles. The maximum atomic E-state index is 13.9. The first-order valence-corrected chi connectivity index (χ1v) is 10.8. The molecule has 1 heterocycles. The molecule has 0 fully saturated rings. The Morgan fingerprint density at radius 2 is 1.42 bits per heavy atom. The molecule has 0 amide bonds. The molecule has 0 spiro atoms. The van der Waals surface area contributed by atoms with E-state index in [1.54, 1.807) is 18.2 Å². The summed E-state index contributed by atoms with van der Waals surface area (Å²) in [6, 6.07) is 10.4. The molecule has 1 aromatic heterocycles. The van der Waals surface area contributed by atoms with Crippen molar-refractivity contribution in [2.24, 2.45) is 0 Å². The Balaban J connectivity index is 1.58. The maximum Gasteiger partial charge on any atom is 0.352 e. The summed E-state index contributed by atoms with van der Waals surface area (Å²) in [6.07, 6.45) is -1.78. The Bertz CT molecular complexity index is 1590. The number of carbonyl (C=O) groups excluding carboxylic acids is 1. The van der Waals surface area contributed by atoms with E-state index in [1.165, 1.54) is 38.5 Å². The first kappa shape index (κ1) is 26.5. The van der Waals surface area contributed by atoms with Gasteiger partial charge in [-0.3, -0.25) is 0 Å². The van der Waals surface area contributed by atoms with Crippen molar-refractivity contribution in [2.45, 2.75) is 13.0 Å². The van der Waals surface area contributed by atoms with Crippen LogP contribution in [0.15, 0.2) is 51.7 Å². The molecule has 1 atom stereocenters. The third kappa shape index (κ3) is 4.84. The van der Waals surface area contributed by atoms with Crippen LogP contribution in [0.2, 0.25) is 0 Å². The third-order valence-electron chi connectivity index (χ3n) is 5.42. The number of fused-ring (bicyclic) bond motifs is 1. The molecule has 4 rings (SSSR count). The van der Waals surface area contributed by atoms with E-state index in [2.05, 4.69) is 4.74 Å². The SMILES string of the molecule is COc1ccc(-c2cc3ccc(OC(=O)C(C)Oc4c(F)c(F)c(F)c(F)c4F)cc3oc2=O)c(OC)c1. The summed E-state index contributed by atoms with van der Waals surface area (Å²) in [5.41, 5.74) is -0.0672. The number of rotatable bonds is 7. The van der Waals surface area contributed by atoms with E-state index >= 15 is 0 Å². The highest BCUT2D eigenvalue weighted by molar-refractivity contribution is 5.85. The van der Waals surface area contributed by atoms with Crippen LogP contribution in [0, 0.1) is 29.1 Å². The molecule has 0 radical (unpaired) electrons. The van der Waals surface area contributed by atoms with Gasteiger partial charge in [-0.15, -0.1) is 0 Å². The maximum absolute atomic E-state index is 13.9. The minimum Gasteiger partial charge on any atom is -0.497 e. The number of hydrogen-bond donors (Lipinski definition) is 0. The molecule has 0 aliphatic heterocycles. The van der Waals surface area contributed by atoms with Gasteiger partial charge in [0.15, 0.2) is 11.9 Å². The highest BCUT2D eigenvalue weighted by Gasteiger charge is 2.30. The Hall–Kier alpha value is -4.61. The van der Waals surface area contributed by atoms with E-state index < -0.39 is 52.5 Å². The van der Waals surface area contributed by atoms with Gasteiger partial charge in [-0.2, -0.15) is 8.78 Å². The molecule has 0 saturated heterocycles. The number of carbonyl (C=O) groups is 1. The second-order valence-corrected chi connectivity index (χ2v) is 7.79. The average molecular weight is 536 g/mol. The number of methoxy groups -OCH3 is 2. The van der Waals surface area contributed by atoms with Crippen molar-refractivity contribution < 1.29 is 50.1 Å². The van der Waals surface area contributed by atoms with Crippen molar-refractivity contribution in [1.29, 1.82) is 0 Å². The van der Waals surface area contributed by atoms with Crippen molar-refractivity contribution >= 4 is 16.9 Å². The van der Waals surface area contributed by atoms with Crippen LogP contribution in [0.1, 0.15) is 6.92 Å². The molecular weight excluding hydrogens is 519 g/mol. The van der Waals surface area contributed by atoms with E-state index in [1.807, 2.05) is 0 Å². The zero-order valence-electron chi connectivity index (χ0n) is 19.9. The van der Waals surface area contributed by atoms with Crippen LogP contribution in [0.3, 0.4) is 0 Å². The summed E-state index contributed by atoms with van der Waals surface area (Å²) < 4.78 is 93.3. The smallest absolute Gasteiger partial charge is 0.352 e. The Labute approximate surface area is 210 Å². The first-order chi connectivity index (χ1) is 18.0. The van der Waals surface area contributed by atoms with Gasteiger partial charge in [-0.1, -0.05) is 0 Å². The summed E-state index contributed by atoms with van der Waals surface area (Å²) in [5, 5.41) is 0.447. The molecule has 198 valence electrons. The third-order valence-corrected chi connectivity index (χ3v) is 5.42. The van der Waals surface area contributed by atoms with Crippen molar-refractivity contribution in [1.82, 2.24) is 0 Å². The zero-order valence-corrected chi connectivity index (χ0v) is 19.9. The van der Waals surface area contributed by atoms with Gasteiger partial charge in [0.05, 0.1) is 19.8 Å². The largest absolute Gasteiger partial charge is 0.497 e. The van der Waals surface area contributed by atoms with Gasteiger partial charge < -0.3 is 23.4 Å². The fourth-order valence-electron chi connectivity index (χ4n) is 3.48. The lowest BCUT2D eigenvalue weighted by Gasteiger charge is -2.16. The lowest BCUT2D eigenvalue weighted by Crippen LogP contribution is -2.29. The molecule has 7 nitrogen and oxygen atoms in total. The fourth-order valence-corrected chi connectivity index (χ4v) is 3.48. The normalized spacial score (nSPS) is 11.8. The van der Waals surface area contributed by atoms with Gasteiger partial charge in [0, 0.05) is 23.1 Å². The lowest BCUT2D eigenvalue weighted by molar-refractivity contribution is -0.141. The predicted molar refractivity (Wildman–Crippen MR) is 123 cm³/mol. The molecular formula is C26H17F5O7. The molecule has 0 aliphatic carbocycles. The van der Waals surface area contributed by atoms with Gasteiger partial charge in [-0.05, 0) is 37.3 Å². The number of benzene rings is 3. The number of hydrogen-bond acceptors (Lipinski definition) is 7. The van der Waals surface area contributed by atoms with E-state index in [4.69, 9.17) is 18.6 Å². The van der Waals surface area contributed by atoms with Crippen molar-refractivity contribution in [2.75, 3.05) is 14.2 Å². The van der Waals surface area contributed by atoms with Crippen LogP contribution >= 0.6 is 0 Å². The minimum absolute atomic E-state index is 0.0323. The van der Waals surface area contributed by atoms with Crippen molar-refractivity contribution in [3.63, 3.8) is 0 Å². The molecule has 12 heteroatoms. The van der Waals surface area contributed by atoms with Gasteiger partial charge in [0.25, 0.3) is 0 Å². The summed E-state index contributed by atoms with van der Waals surface area (Å²) >= 11 is 0. The molecule has 0 saturated carbocycles. The topological polar surface area (TPSA) is 84.2 Å². The minimum atomic E-state index is -2.37. The highest BCUT2D eigenvalue weighted by atomic mass is 19.2. The monoisotopic (exact) mass is 536 g/mol. The Morgan fingerprint density at radius 3 is 2.05 bits per heavy atom. The summed E-state index contributed by atoms with van der Waals surface area (Å²) in [5.74, 6) is -13.4. The summed E-state index contributed by atoms with van der Waals surface area (Å²) in [7, 11) is 2.91. The molecule has 0 aliphatic rings. The highest BCUT2D eigenvalue weighted by Crippen LogP contribution is 2.34. The van der Waals surface area contributed by atoms with Crippen LogP contribution in [0.5, 0.6) is 23.0 Å². The zero-order chi connectivity index (χ0) is 27.7. The Kier molecular flexibility index (Phi) is 7.24. The van der Waals surface area contributed by atoms with Crippen LogP contribution in [0.4, 0.5) is 22.0 Å². The van der Waals surface area contributed by atoms with Crippen LogP contribution in [0.25, 0.3) is 22.1 Å². The molecule has 4 aromatic rings. The van der Waals surface area contributed by atoms with E-state index in [-0.39, 0.29) is 16.9 Å². The quantitative estimate of drug-likeness (QED) is 0.0765. The summed E-state index contributed by atoms with van der Waals surface area (Å²) in [6.45, 7) is 0.982. The molecule has 38 heavy (non-hydrogen) atoms. The van der Waals surface area contributed by atoms with Crippen LogP contribution in [-0.2, 0) is 4.79 Å². The number of esters is 1. The van der Waals surface area contributed by atoms with Crippen LogP contribution in [-0.4, -0.2) is 26.3 Å². The van der Waals surface area contributed by atoms with Crippen LogP contribution < -0.4 is 24.6 Å². The standard InChI is InChI=1S/C26H17F5O7/c1-11(36-24-22(30)20(28)19(27)21(29)23(24)31)25(32)37-14-5-4-12-8-16(26(33)38-17(12)10-14)15-7-6-13(34-2)9-18(15)35-3/h4-11H,1-3H3. The molecule has 0 bridgehead atoms. The molecule has 1 unspecified atom stereocenters. The number of ether oxygens (including phenoxy) is 4. The number of halogens is 5. The van der Waals surface area contributed by atoms with Gasteiger partial charge in [0.2, 0.25) is 29.1 Å². The van der Waals surface area contributed by atoms with Crippen molar-refractivity contribution in [3.05, 3.63) is 82.0 Å². The van der Waals surface area contributed by atoms with E-state index in [9.17, 15) is 31.5 Å².